The molecule has 0 saturated carbocycles. The van der Waals surface area contributed by atoms with Crippen molar-refractivity contribution in [2.24, 2.45) is 7.05 Å². The fraction of sp³-hybridized carbons (Fsp3) is 0.158. The van der Waals surface area contributed by atoms with Crippen LogP contribution in [0.4, 0.5) is 0 Å². The van der Waals surface area contributed by atoms with Crippen LogP contribution in [0.25, 0.3) is 33.5 Å². The molecule has 3 heterocycles. The number of rotatable bonds is 4. The Labute approximate surface area is 155 Å². The Bertz CT molecular complexity index is 1080. The van der Waals surface area contributed by atoms with Crippen molar-refractivity contribution in [1.29, 1.82) is 0 Å². The van der Waals surface area contributed by atoms with Crippen molar-refractivity contribution in [3.05, 3.63) is 54.1 Å². The second-order valence-corrected chi connectivity index (χ2v) is 6.08. The molecule has 6 nitrogen and oxygen atoms in total. The molecule has 0 saturated heterocycles. The lowest BCUT2D eigenvalue weighted by atomic mass is 10.0. The van der Waals surface area contributed by atoms with Gasteiger partial charge in [0, 0.05) is 30.4 Å². The summed E-state index contributed by atoms with van der Waals surface area (Å²) in [5, 5.41) is 4.76. The maximum atomic E-state index is 6.19. The summed E-state index contributed by atoms with van der Waals surface area (Å²) in [5.41, 5.74) is 4.60. The topological polar surface area (TPSA) is 65.7 Å². The van der Waals surface area contributed by atoms with Crippen molar-refractivity contribution in [3.8, 4) is 28.3 Å². The van der Waals surface area contributed by atoms with E-state index in [0.717, 1.165) is 16.8 Å². The van der Waals surface area contributed by atoms with Gasteiger partial charge in [0.2, 0.25) is 5.28 Å². The van der Waals surface area contributed by atoms with Gasteiger partial charge in [0.15, 0.2) is 0 Å². The molecule has 0 N–H and O–H groups in total. The number of pyridine rings is 1. The molecule has 0 aliphatic heterocycles. The fourth-order valence-corrected chi connectivity index (χ4v) is 3.05. The lowest BCUT2D eigenvalue weighted by Gasteiger charge is -2.08. The van der Waals surface area contributed by atoms with Crippen molar-refractivity contribution >= 4 is 22.6 Å². The summed E-state index contributed by atoms with van der Waals surface area (Å²) >= 11 is 6.19. The van der Waals surface area contributed by atoms with E-state index in [2.05, 4.69) is 20.1 Å². The van der Waals surface area contributed by atoms with E-state index in [-0.39, 0.29) is 5.28 Å². The molecule has 130 valence electrons. The van der Waals surface area contributed by atoms with E-state index >= 15 is 0 Å². The smallest absolute Gasteiger partial charge is 0.223 e. The van der Waals surface area contributed by atoms with Crippen LogP contribution in [0.2, 0.25) is 5.28 Å². The predicted octanol–water partition coefficient (Wildman–Crippen LogP) is 4.14. The highest BCUT2D eigenvalue weighted by atomic mass is 35.5. The molecule has 4 aromatic rings. The Morgan fingerprint density at radius 1 is 1.12 bits per heavy atom. The van der Waals surface area contributed by atoms with Gasteiger partial charge in [-0.15, -0.1) is 0 Å². The SMILES string of the molecule is CCOc1cnc2c(-c3cn(C)nc3-c3ccccc3)nc(Cl)nc2c1. The highest BCUT2D eigenvalue weighted by molar-refractivity contribution is 6.28. The van der Waals surface area contributed by atoms with Crippen molar-refractivity contribution in [2.45, 2.75) is 6.92 Å². The molecule has 4 rings (SSSR count). The van der Waals surface area contributed by atoms with Gasteiger partial charge < -0.3 is 4.74 Å². The number of hydrogen-bond donors (Lipinski definition) is 0. The average molecular weight is 366 g/mol. The van der Waals surface area contributed by atoms with Gasteiger partial charge in [-0.3, -0.25) is 4.68 Å². The van der Waals surface area contributed by atoms with Gasteiger partial charge in [0.1, 0.15) is 22.7 Å². The standard InChI is InChI=1S/C19H16ClN5O/c1-3-26-13-9-15-18(21-10-13)17(23-19(20)22-15)14-11-25(2)24-16(14)12-7-5-4-6-8-12/h4-11H,3H2,1-2H3. The van der Waals surface area contributed by atoms with Gasteiger partial charge in [0.05, 0.1) is 18.3 Å². The monoisotopic (exact) mass is 365 g/mol. The van der Waals surface area contributed by atoms with E-state index in [0.29, 0.717) is 29.1 Å². The Kier molecular flexibility index (Phi) is 4.26. The van der Waals surface area contributed by atoms with E-state index in [9.17, 15) is 0 Å². The number of fused-ring (bicyclic) bond motifs is 1. The van der Waals surface area contributed by atoms with Crippen LogP contribution in [0.1, 0.15) is 6.92 Å². The van der Waals surface area contributed by atoms with Gasteiger partial charge in [-0.2, -0.15) is 5.10 Å². The summed E-state index contributed by atoms with van der Waals surface area (Å²) < 4.78 is 7.27. The number of aromatic nitrogens is 5. The molecule has 0 atom stereocenters. The molecule has 1 aromatic carbocycles. The lowest BCUT2D eigenvalue weighted by Crippen LogP contribution is -1.97. The molecule has 0 aliphatic rings. The number of halogens is 1. The van der Waals surface area contributed by atoms with Gasteiger partial charge in [-0.1, -0.05) is 30.3 Å². The largest absolute Gasteiger partial charge is 0.492 e. The Balaban J connectivity index is 1.95. The highest BCUT2D eigenvalue weighted by Crippen LogP contribution is 2.34. The summed E-state index contributed by atoms with van der Waals surface area (Å²) in [6.45, 7) is 2.48. The zero-order valence-corrected chi connectivity index (χ0v) is 15.1. The third-order valence-corrected chi connectivity index (χ3v) is 4.09. The van der Waals surface area contributed by atoms with Crippen LogP contribution in [0.15, 0.2) is 48.8 Å². The van der Waals surface area contributed by atoms with Crippen molar-refractivity contribution in [3.63, 3.8) is 0 Å². The van der Waals surface area contributed by atoms with Crippen LogP contribution in [-0.2, 0) is 7.05 Å². The first-order chi connectivity index (χ1) is 12.7. The summed E-state index contributed by atoms with van der Waals surface area (Å²) in [6.07, 6.45) is 3.59. The Morgan fingerprint density at radius 3 is 2.69 bits per heavy atom. The molecule has 0 fully saturated rings. The zero-order valence-electron chi connectivity index (χ0n) is 14.3. The summed E-state index contributed by atoms with van der Waals surface area (Å²) in [4.78, 5) is 13.3. The Hall–Kier alpha value is -2.99. The highest BCUT2D eigenvalue weighted by Gasteiger charge is 2.18. The lowest BCUT2D eigenvalue weighted by molar-refractivity contribution is 0.339. The molecule has 0 aliphatic carbocycles. The molecule has 0 radical (unpaired) electrons. The van der Waals surface area contributed by atoms with Crippen LogP contribution in [-0.4, -0.2) is 31.3 Å². The minimum atomic E-state index is 0.158. The molecular formula is C19H16ClN5O. The van der Waals surface area contributed by atoms with E-state index < -0.39 is 0 Å². The zero-order chi connectivity index (χ0) is 18.1. The van der Waals surface area contributed by atoms with E-state index in [1.165, 1.54) is 0 Å². The second-order valence-electron chi connectivity index (χ2n) is 5.74. The molecular weight excluding hydrogens is 350 g/mol. The van der Waals surface area contributed by atoms with E-state index in [1.54, 1.807) is 10.9 Å². The quantitative estimate of drug-likeness (QED) is 0.508. The molecule has 3 aromatic heterocycles. The van der Waals surface area contributed by atoms with Crippen LogP contribution < -0.4 is 4.74 Å². The van der Waals surface area contributed by atoms with E-state index in [1.807, 2.05) is 56.6 Å². The number of ether oxygens (including phenoxy) is 1. The molecule has 0 unspecified atom stereocenters. The van der Waals surface area contributed by atoms with Crippen LogP contribution in [0.3, 0.4) is 0 Å². The van der Waals surface area contributed by atoms with Crippen LogP contribution >= 0.6 is 11.6 Å². The second kappa shape index (κ2) is 6.72. The number of hydrogen-bond acceptors (Lipinski definition) is 5. The fourth-order valence-electron chi connectivity index (χ4n) is 2.88. The van der Waals surface area contributed by atoms with Crippen LogP contribution in [0, 0.1) is 0 Å². The minimum Gasteiger partial charge on any atom is -0.492 e. The first kappa shape index (κ1) is 16.5. The first-order valence-electron chi connectivity index (χ1n) is 8.21. The maximum Gasteiger partial charge on any atom is 0.223 e. The average Bonchev–Trinajstić information content (AvgIpc) is 3.03. The molecule has 26 heavy (non-hydrogen) atoms. The minimum absolute atomic E-state index is 0.158. The summed E-state index contributed by atoms with van der Waals surface area (Å²) in [6, 6.07) is 11.8. The summed E-state index contributed by atoms with van der Waals surface area (Å²) in [7, 11) is 1.88. The predicted molar refractivity (Wildman–Crippen MR) is 101 cm³/mol. The van der Waals surface area contributed by atoms with Crippen molar-refractivity contribution in [1.82, 2.24) is 24.7 Å². The number of benzene rings is 1. The van der Waals surface area contributed by atoms with Crippen molar-refractivity contribution in [2.75, 3.05) is 6.61 Å². The summed E-state index contributed by atoms with van der Waals surface area (Å²) in [5.74, 6) is 0.648. The van der Waals surface area contributed by atoms with Crippen molar-refractivity contribution < 1.29 is 4.74 Å². The molecule has 7 heteroatoms. The third kappa shape index (κ3) is 2.99. The molecule has 0 spiro atoms. The molecule has 0 bridgehead atoms. The maximum absolute atomic E-state index is 6.19. The molecule has 0 amide bonds. The number of nitrogens with zero attached hydrogens (tertiary/aromatic N) is 5. The normalized spacial score (nSPS) is 11.0. The first-order valence-corrected chi connectivity index (χ1v) is 8.59. The van der Waals surface area contributed by atoms with Gasteiger partial charge >= 0.3 is 0 Å². The third-order valence-electron chi connectivity index (χ3n) is 3.93. The Morgan fingerprint density at radius 2 is 1.92 bits per heavy atom. The van der Waals surface area contributed by atoms with E-state index in [4.69, 9.17) is 16.3 Å². The van der Waals surface area contributed by atoms with Gasteiger partial charge in [0.25, 0.3) is 0 Å². The van der Waals surface area contributed by atoms with Crippen LogP contribution in [0.5, 0.6) is 5.75 Å². The van der Waals surface area contributed by atoms with Gasteiger partial charge in [-0.25, -0.2) is 15.0 Å². The number of aryl methyl sites for hydroxylation is 1. The van der Waals surface area contributed by atoms with Gasteiger partial charge in [-0.05, 0) is 18.5 Å².